The van der Waals surface area contributed by atoms with Crippen molar-refractivity contribution in [2.24, 2.45) is 0 Å². The third kappa shape index (κ3) is 4.15. The smallest absolute Gasteiger partial charge is 0.341 e. The van der Waals surface area contributed by atoms with Crippen molar-refractivity contribution in [2.75, 3.05) is 12.4 Å². The highest BCUT2D eigenvalue weighted by molar-refractivity contribution is 7.15. The summed E-state index contributed by atoms with van der Waals surface area (Å²) in [5, 5.41) is 26.4. The number of anilines is 1. The second kappa shape index (κ2) is 8.49. The van der Waals surface area contributed by atoms with Crippen LogP contribution in [0.2, 0.25) is 0 Å². The van der Waals surface area contributed by atoms with Crippen LogP contribution in [0.4, 0.5) is 16.4 Å². The average molecular weight is 427 g/mol. The molecule has 0 fully saturated rings. The molecule has 3 aromatic rings. The van der Waals surface area contributed by atoms with Crippen molar-refractivity contribution in [1.29, 1.82) is 0 Å². The maximum Gasteiger partial charge on any atom is 0.341 e. The minimum atomic E-state index is -0.839. The van der Waals surface area contributed by atoms with Gasteiger partial charge in [0.2, 0.25) is 0 Å². The molecule has 10 nitrogen and oxygen atoms in total. The lowest BCUT2D eigenvalue weighted by atomic mass is 10.0. The Labute approximate surface area is 173 Å². The molecule has 2 aromatic carbocycles. The van der Waals surface area contributed by atoms with Gasteiger partial charge in [-0.15, -0.1) is 11.3 Å². The number of hydrogen-bond acceptors (Lipinski definition) is 8. The fourth-order valence-electron chi connectivity index (χ4n) is 2.70. The Morgan fingerprint density at radius 2 is 1.60 bits per heavy atom. The fraction of sp³-hybridized carbons (Fsp3) is 0.0526. The summed E-state index contributed by atoms with van der Waals surface area (Å²) in [7, 11) is 1.20. The molecular weight excluding hydrogens is 414 g/mol. The van der Waals surface area contributed by atoms with Gasteiger partial charge in [0.15, 0.2) is 0 Å². The predicted octanol–water partition coefficient (Wildman–Crippen LogP) is 4.27. The maximum atomic E-state index is 12.7. The Bertz CT molecular complexity index is 1130. The molecule has 0 bridgehead atoms. The van der Waals surface area contributed by atoms with Gasteiger partial charge in [-0.1, -0.05) is 30.3 Å². The lowest BCUT2D eigenvalue weighted by Gasteiger charge is -2.08. The molecule has 0 aliphatic heterocycles. The van der Waals surface area contributed by atoms with Crippen LogP contribution in [-0.2, 0) is 4.74 Å². The molecule has 0 spiro atoms. The number of nitrogens with zero attached hydrogens (tertiary/aromatic N) is 2. The molecule has 0 atom stereocenters. The number of ether oxygens (including phenoxy) is 1. The van der Waals surface area contributed by atoms with Crippen LogP contribution in [0.25, 0.3) is 11.1 Å². The SMILES string of the molecule is COC(=O)c1c(-c2ccccc2)csc1NC(=O)c1cc([N+](=O)[O-])cc([N+](=O)[O-])c1. The van der Waals surface area contributed by atoms with E-state index >= 15 is 0 Å². The number of rotatable bonds is 6. The lowest BCUT2D eigenvalue weighted by molar-refractivity contribution is -0.394. The number of carbonyl (C=O) groups is 2. The van der Waals surface area contributed by atoms with E-state index in [4.69, 9.17) is 4.74 Å². The number of nitrogens with one attached hydrogen (secondary N) is 1. The standard InChI is InChI=1S/C19H13N3O7S/c1-29-19(24)16-15(11-5-3-2-4-6-11)10-30-18(16)20-17(23)12-7-13(21(25)26)9-14(8-12)22(27)28/h2-10H,1H3,(H,20,23). The Morgan fingerprint density at radius 1 is 1.00 bits per heavy atom. The Kier molecular flexibility index (Phi) is 5.83. The number of benzene rings is 2. The number of hydrogen-bond donors (Lipinski definition) is 1. The topological polar surface area (TPSA) is 142 Å². The Hall–Kier alpha value is -4.12. The molecule has 1 heterocycles. The molecule has 0 saturated carbocycles. The van der Waals surface area contributed by atoms with Gasteiger partial charge in [-0.25, -0.2) is 4.79 Å². The summed E-state index contributed by atoms with van der Waals surface area (Å²) in [5.41, 5.74) is -0.117. The molecule has 0 saturated heterocycles. The van der Waals surface area contributed by atoms with E-state index in [-0.39, 0.29) is 16.1 Å². The second-order valence-electron chi connectivity index (χ2n) is 5.92. The molecular formula is C19H13N3O7S. The van der Waals surface area contributed by atoms with Crippen LogP contribution < -0.4 is 5.32 Å². The highest BCUT2D eigenvalue weighted by atomic mass is 32.1. The average Bonchev–Trinajstić information content (AvgIpc) is 3.16. The molecule has 152 valence electrons. The van der Waals surface area contributed by atoms with Crippen LogP contribution >= 0.6 is 11.3 Å². The molecule has 11 heteroatoms. The summed E-state index contributed by atoms with van der Waals surface area (Å²) in [6.07, 6.45) is 0. The molecule has 0 radical (unpaired) electrons. The van der Waals surface area contributed by atoms with E-state index in [1.807, 2.05) is 6.07 Å². The van der Waals surface area contributed by atoms with Crippen LogP contribution in [0, 0.1) is 20.2 Å². The van der Waals surface area contributed by atoms with Crippen molar-refractivity contribution >= 4 is 39.6 Å². The molecule has 30 heavy (non-hydrogen) atoms. The van der Waals surface area contributed by atoms with Gasteiger partial charge < -0.3 is 10.1 Å². The summed E-state index contributed by atoms with van der Waals surface area (Å²) in [4.78, 5) is 45.4. The third-order valence-electron chi connectivity index (χ3n) is 4.08. The van der Waals surface area contributed by atoms with Gasteiger partial charge in [-0.2, -0.15) is 0 Å². The first-order valence-electron chi connectivity index (χ1n) is 8.32. The van der Waals surface area contributed by atoms with Crippen LogP contribution in [0.5, 0.6) is 0 Å². The maximum absolute atomic E-state index is 12.7. The van der Waals surface area contributed by atoms with Crippen LogP contribution in [0.15, 0.2) is 53.9 Å². The van der Waals surface area contributed by atoms with E-state index in [1.165, 1.54) is 7.11 Å². The molecule has 0 aliphatic carbocycles. The first-order chi connectivity index (χ1) is 14.3. The molecule has 0 unspecified atom stereocenters. The number of carbonyl (C=O) groups excluding carboxylic acids is 2. The number of esters is 1. The van der Waals surface area contributed by atoms with Crippen LogP contribution in [-0.4, -0.2) is 28.8 Å². The molecule has 3 rings (SSSR count). The zero-order valence-corrected chi connectivity index (χ0v) is 16.2. The van der Waals surface area contributed by atoms with Crippen LogP contribution in [0.3, 0.4) is 0 Å². The molecule has 0 aliphatic rings. The van der Waals surface area contributed by atoms with Gasteiger partial charge >= 0.3 is 5.97 Å². The summed E-state index contributed by atoms with van der Waals surface area (Å²) in [5.74, 6) is -1.52. The van der Waals surface area contributed by atoms with E-state index in [0.29, 0.717) is 5.56 Å². The number of amides is 1. The largest absolute Gasteiger partial charge is 0.465 e. The Morgan fingerprint density at radius 3 is 2.13 bits per heavy atom. The number of methoxy groups -OCH3 is 1. The number of nitro groups is 2. The van der Waals surface area contributed by atoms with Gasteiger partial charge in [0.1, 0.15) is 10.6 Å². The highest BCUT2D eigenvalue weighted by Crippen LogP contribution is 2.36. The van der Waals surface area contributed by atoms with Crippen molar-refractivity contribution in [3.63, 3.8) is 0 Å². The van der Waals surface area contributed by atoms with E-state index in [0.717, 1.165) is 35.1 Å². The summed E-state index contributed by atoms with van der Waals surface area (Å²) >= 11 is 1.06. The predicted molar refractivity (Wildman–Crippen MR) is 109 cm³/mol. The summed E-state index contributed by atoms with van der Waals surface area (Å²) in [6.45, 7) is 0. The molecule has 1 aromatic heterocycles. The molecule has 1 N–H and O–H groups in total. The van der Waals surface area contributed by atoms with E-state index in [9.17, 15) is 29.8 Å². The highest BCUT2D eigenvalue weighted by Gasteiger charge is 2.24. The minimum Gasteiger partial charge on any atom is -0.465 e. The van der Waals surface area contributed by atoms with Crippen molar-refractivity contribution in [2.45, 2.75) is 0 Å². The van der Waals surface area contributed by atoms with E-state index < -0.39 is 33.1 Å². The second-order valence-corrected chi connectivity index (χ2v) is 6.80. The Balaban J connectivity index is 2.02. The van der Waals surface area contributed by atoms with Gasteiger partial charge in [-0.3, -0.25) is 25.0 Å². The number of non-ortho nitro benzene ring substituents is 2. The van der Waals surface area contributed by atoms with Crippen molar-refractivity contribution < 1.29 is 24.2 Å². The zero-order valence-electron chi connectivity index (χ0n) is 15.4. The van der Waals surface area contributed by atoms with Crippen molar-refractivity contribution in [3.8, 4) is 11.1 Å². The fourth-order valence-corrected chi connectivity index (χ4v) is 3.65. The monoisotopic (exact) mass is 427 g/mol. The quantitative estimate of drug-likeness (QED) is 0.352. The van der Waals surface area contributed by atoms with Crippen LogP contribution in [0.1, 0.15) is 20.7 Å². The summed E-state index contributed by atoms with van der Waals surface area (Å²) < 4.78 is 4.82. The van der Waals surface area contributed by atoms with Gasteiger partial charge in [-0.05, 0) is 5.56 Å². The van der Waals surface area contributed by atoms with Crippen molar-refractivity contribution in [3.05, 3.63) is 85.3 Å². The lowest BCUT2D eigenvalue weighted by Crippen LogP contribution is -2.14. The van der Waals surface area contributed by atoms with Gasteiger partial charge in [0.25, 0.3) is 17.3 Å². The van der Waals surface area contributed by atoms with Gasteiger partial charge in [0.05, 0.1) is 28.6 Å². The normalized spacial score (nSPS) is 10.3. The summed E-state index contributed by atoms with van der Waals surface area (Å²) in [6, 6.07) is 11.6. The third-order valence-corrected chi connectivity index (χ3v) is 4.97. The van der Waals surface area contributed by atoms with Crippen molar-refractivity contribution in [1.82, 2.24) is 0 Å². The first kappa shape index (κ1) is 20.6. The van der Waals surface area contributed by atoms with E-state index in [1.54, 1.807) is 29.6 Å². The van der Waals surface area contributed by atoms with Gasteiger partial charge in [0, 0.05) is 23.1 Å². The number of thiophene rings is 1. The zero-order chi connectivity index (χ0) is 21.8. The molecule has 1 amide bonds. The van der Waals surface area contributed by atoms with E-state index in [2.05, 4.69) is 5.32 Å². The number of nitro benzene ring substituents is 2. The first-order valence-corrected chi connectivity index (χ1v) is 9.20. The minimum absolute atomic E-state index is 0.113.